The van der Waals surface area contributed by atoms with E-state index in [0.717, 1.165) is 5.56 Å². The summed E-state index contributed by atoms with van der Waals surface area (Å²) in [5, 5.41) is 2.60. The van der Waals surface area contributed by atoms with Crippen molar-refractivity contribution in [2.24, 2.45) is 0 Å². The summed E-state index contributed by atoms with van der Waals surface area (Å²) in [5.41, 5.74) is 1.29. The van der Waals surface area contributed by atoms with Gasteiger partial charge in [0.05, 0.1) is 18.1 Å². The molecule has 28 heavy (non-hydrogen) atoms. The lowest BCUT2D eigenvalue weighted by molar-refractivity contribution is -0.114. The van der Waals surface area contributed by atoms with E-state index in [1.54, 1.807) is 37.3 Å². The van der Waals surface area contributed by atoms with Gasteiger partial charge in [-0.05, 0) is 62.7 Å². The molecule has 1 unspecified atom stereocenters. The van der Waals surface area contributed by atoms with Crippen molar-refractivity contribution in [3.63, 3.8) is 0 Å². The smallest absolute Gasteiger partial charge is 0.241 e. The SMILES string of the molecule is CCOc1ccc(C(C)NS(=O)(=O)c2ccc(NC(C)=O)cc2)cc1OCC. The van der Waals surface area contributed by atoms with Gasteiger partial charge >= 0.3 is 0 Å². The highest BCUT2D eigenvalue weighted by molar-refractivity contribution is 7.89. The van der Waals surface area contributed by atoms with Crippen molar-refractivity contribution in [3.8, 4) is 11.5 Å². The number of nitrogens with one attached hydrogen (secondary N) is 2. The first-order valence-corrected chi connectivity index (χ1v) is 10.5. The van der Waals surface area contributed by atoms with Crippen LogP contribution < -0.4 is 19.5 Å². The minimum atomic E-state index is -3.73. The molecule has 1 atom stereocenters. The average Bonchev–Trinajstić information content (AvgIpc) is 2.63. The summed E-state index contributed by atoms with van der Waals surface area (Å²) < 4.78 is 39.2. The van der Waals surface area contributed by atoms with Gasteiger partial charge in [-0.15, -0.1) is 0 Å². The monoisotopic (exact) mass is 406 g/mol. The zero-order valence-corrected chi connectivity index (χ0v) is 17.3. The number of anilines is 1. The Balaban J connectivity index is 2.19. The highest BCUT2D eigenvalue weighted by Crippen LogP contribution is 2.31. The highest BCUT2D eigenvalue weighted by Gasteiger charge is 2.19. The third kappa shape index (κ3) is 5.71. The van der Waals surface area contributed by atoms with Gasteiger partial charge in [0.1, 0.15) is 0 Å². The molecule has 152 valence electrons. The van der Waals surface area contributed by atoms with Crippen LogP contribution in [0.2, 0.25) is 0 Å². The average molecular weight is 407 g/mol. The highest BCUT2D eigenvalue weighted by atomic mass is 32.2. The third-order valence-corrected chi connectivity index (χ3v) is 5.44. The molecule has 0 spiro atoms. The molecular weight excluding hydrogens is 380 g/mol. The van der Waals surface area contributed by atoms with E-state index in [1.807, 2.05) is 13.8 Å². The van der Waals surface area contributed by atoms with Crippen molar-refractivity contribution in [2.75, 3.05) is 18.5 Å². The van der Waals surface area contributed by atoms with Crippen molar-refractivity contribution >= 4 is 21.6 Å². The molecule has 0 radical (unpaired) electrons. The lowest BCUT2D eigenvalue weighted by Gasteiger charge is -2.18. The Morgan fingerprint density at radius 1 is 1.00 bits per heavy atom. The van der Waals surface area contributed by atoms with Crippen LogP contribution in [-0.4, -0.2) is 27.5 Å². The summed E-state index contributed by atoms with van der Waals surface area (Å²) in [6, 6.07) is 10.9. The second-order valence-electron chi connectivity index (χ2n) is 6.12. The largest absolute Gasteiger partial charge is 0.490 e. The molecule has 0 aliphatic rings. The number of carbonyl (C=O) groups excluding carboxylic acids is 1. The molecule has 0 heterocycles. The maximum absolute atomic E-state index is 12.7. The number of carbonyl (C=O) groups is 1. The molecule has 1 amide bonds. The van der Waals surface area contributed by atoms with Gasteiger partial charge < -0.3 is 14.8 Å². The fourth-order valence-electron chi connectivity index (χ4n) is 2.63. The van der Waals surface area contributed by atoms with Crippen LogP contribution in [0.25, 0.3) is 0 Å². The quantitative estimate of drug-likeness (QED) is 0.665. The molecule has 2 aromatic carbocycles. The molecule has 0 bridgehead atoms. The normalized spacial score (nSPS) is 12.3. The first kappa shape index (κ1) is 21.7. The summed E-state index contributed by atoms with van der Waals surface area (Å²) >= 11 is 0. The molecular formula is C20H26N2O5S. The second-order valence-corrected chi connectivity index (χ2v) is 7.83. The molecule has 7 nitrogen and oxygen atoms in total. The molecule has 0 aliphatic heterocycles. The maximum Gasteiger partial charge on any atom is 0.241 e. The van der Waals surface area contributed by atoms with Gasteiger partial charge in [-0.3, -0.25) is 4.79 Å². The molecule has 0 saturated carbocycles. The minimum Gasteiger partial charge on any atom is -0.490 e. The van der Waals surface area contributed by atoms with Crippen molar-refractivity contribution in [1.29, 1.82) is 0 Å². The van der Waals surface area contributed by atoms with Gasteiger partial charge in [0, 0.05) is 18.7 Å². The number of hydrogen-bond donors (Lipinski definition) is 2. The van der Waals surface area contributed by atoms with Crippen LogP contribution >= 0.6 is 0 Å². The molecule has 0 aliphatic carbocycles. The summed E-state index contributed by atoms with van der Waals surface area (Å²) in [5.74, 6) is 0.979. The van der Waals surface area contributed by atoms with Crippen LogP contribution in [0.3, 0.4) is 0 Å². The summed E-state index contributed by atoms with van der Waals surface area (Å²) in [6.45, 7) is 7.90. The third-order valence-electron chi connectivity index (χ3n) is 3.88. The molecule has 0 saturated heterocycles. The predicted octanol–water partition coefficient (Wildman–Crippen LogP) is 3.48. The van der Waals surface area contributed by atoms with E-state index in [1.165, 1.54) is 19.1 Å². The van der Waals surface area contributed by atoms with Crippen molar-refractivity contribution in [3.05, 3.63) is 48.0 Å². The summed E-state index contributed by atoms with van der Waals surface area (Å²) in [7, 11) is -3.73. The first-order chi connectivity index (χ1) is 13.3. The number of amides is 1. The lowest BCUT2D eigenvalue weighted by Crippen LogP contribution is -2.27. The van der Waals surface area contributed by atoms with E-state index in [4.69, 9.17) is 9.47 Å². The van der Waals surface area contributed by atoms with Crippen molar-refractivity contribution in [1.82, 2.24) is 4.72 Å². The molecule has 8 heteroatoms. The Kier molecular flexibility index (Phi) is 7.42. The van der Waals surface area contributed by atoms with Gasteiger partial charge in [-0.2, -0.15) is 0 Å². The molecule has 0 aromatic heterocycles. The molecule has 2 N–H and O–H groups in total. The Labute approximate surface area is 166 Å². The summed E-state index contributed by atoms with van der Waals surface area (Å²) in [6.07, 6.45) is 0. The van der Waals surface area contributed by atoms with Gasteiger partial charge in [-0.1, -0.05) is 6.07 Å². The van der Waals surface area contributed by atoms with Crippen LogP contribution in [0.4, 0.5) is 5.69 Å². The fraction of sp³-hybridized carbons (Fsp3) is 0.350. The standard InChI is InChI=1S/C20H26N2O5S/c1-5-26-19-12-7-16(13-20(19)27-6-2)14(3)22-28(24,25)18-10-8-17(9-11-18)21-15(4)23/h7-14,22H,5-6H2,1-4H3,(H,21,23). The van der Waals surface area contributed by atoms with Crippen LogP contribution in [0, 0.1) is 0 Å². The van der Waals surface area contributed by atoms with E-state index in [0.29, 0.717) is 30.4 Å². The van der Waals surface area contributed by atoms with Gasteiger partial charge in [0.25, 0.3) is 0 Å². The second kappa shape index (κ2) is 9.57. The van der Waals surface area contributed by atoms with Crippen LogP contribution in [-0.2, 0) is 14.8 Å². The van der Waals surface area contributed by atoms with Gasteiger partial charge in [-0.25, -0.2) is 13.1 Å². The number of benzene rings is 2. The fourth-order valence-corrected chi connectivity index (χ4v) is 3.86. The predicted molar refractivity (Wildman–Crippen MR) is 108 cm³/mol. The number of sulfonamides is 1. The number of rotatable bonds is 9. The van der Waals surface area contributed by atoms with Crippen LogP contribution in [0.15, 0.2) is 47.4 Å². The minimum absolute atomic E-state index is 0.115. The van der Waals surface area contributed by atoms with E-state index in [2.05, 4.69) is 10.0 Å². The van der Waals surface area contributed by atoms with Gasteiger partial charge in [0.2, 0.25) is 15.9 Å². The number of ether oxygens (including phenoxy) is 2. The van der Waals surface area contributed by atoms with Crippen LogP contribution in [0.5, 0.6) is 11.5 Å². The van der Waals surface area contributed by atoms with Crippen molar-refractivity contribution in [2.45, 2.75) is 38.6 Å². The Morgan fingerprint density at radius 2 is 1.61 bits per heavy atom. The van der Waals surface area contributed by atoms with E-state index in [-0.39, 0.29) is 10.8 Å². The topological polar surface area (TPSA) is 93.7 Å². The Bertz CT molecular complexity index is 911. The number of hydrogen-bond acceptors (Lipinski definition) is 5. The van der Waals surface area contributed by atoms with E-state index < -0.39 is 16.1 Å². The maximum atomic E-state index is 12.7. The summed E-state index contributed by atoms with van der Waals surface area (Å²) in [4.78, 5) is 11.2. The van der Waals surface area contributed by atoms with Gasteiger partial charge in [0.15, 0.2) is 11.5 Å². The Hall–Kier alpha value is -2.58. The van der Waals surface area contributed by atoms with E-state index >= 15 is 0 Å². The molecule has 0 fully saturated rings. The molecule has 2 rings (SSSR count). The lowest BCUT2D eigenvalue weighted by atomic mass is 10.1. The van der Waals surface area contributed by atoms with E-state index in [9.17, 15) is 13.2 Å². The zero-order chi connectivity index (χ0) is 20.7. The van der Waals surface area contributed by atoms with Crippen LogP contribution in [0.1, 0.15) is 39.3 Å². The van der Waals surface area contributed by atoms with Crippen molar-refractivity contribution < 1.29 is 22.7 Å². The molecule has 2 aromatic rings. The zero-order valence-electron chi connectivity index (χ0n) is 16.5. The first-order valence-electron chi connectivity index (χ1n) is 9.06. The Morgan fingerprint density at radius 3 is 2.18 bits per heavy atom.